The number of aromatic nitrogens is 4. The van der Waals surface area contributed by atoms with Crippen LogP contribution < -0.4 is 15.8 Å². The molecule has 0 fully saturated rings. The van der Waals surface area contributed by atoms with Crippen LogP contribution in [0.25, 0.3) is 22.1 Å². The van der Waals surface area contributed by atoms with Gasteiger partial charge in [-0.25, -0.2) is 9.97 Å². The Morgan fingerprint density at radius 3 is 2.61 bits per heavy atom. The Morgan fingerprint density at radius 1 is 1.05 bits per heavy atom. The summed E-state index contributed by atoms with van der Waals surface area (Å²) in [5.41, 5.74) is 9.01. The van der Waals surface area contributed by atoms with E-state index in [1.54, 1.807) is 18.2 Å². The lowest BCUT2D eigenvalue weighted by molar-refractivity contribution is -0.274. The van der Waals surface area contributed by atoms with Crippen molar-refractivity contribution >= 4 is 33.8 Å². The lowest BCUT2D eigenvalue weighted by Crippen LogP contribution is -2.29. The second kappa shape index (κ2) is 9.88. The van der Waals surface area contributed by atoms with Gasteiger partial charge in [0.15, 0.2) is 0 Å². The van der Waals surface area contributed by atoms with E-state index in [2.05, 4.69) is 20.0 Å². The van der Waals surface area contributed by atoms with Crippen LogP contribution in [0.15, 0.2) is 66.7 Å². The summed E-state index contributed by atoms with van der Waals surface area (Å²) >= 11 is 0. The molecule has 0 aliphatic rings. The maximum atomic E-state index is 12.7. The monoisotopic (exact) mass is 521 g/mol. The third kappa shape index (κ3) is 5.28. The van der Waals surface area contributed by atoms with Crippen LogP contribution in [0.3, 0.4) is 0 Å². The molecule has 3 aromatic carbocycles. The van der Waals surface area contributed by atoms with E-state index in [0.29, 0.717) is 30.2 Å². The Balaban J connectivity index is 1.36. The molecule has 0 radical (unpaired) electrons. The molecule has 194 valence electrons. The van der Waals surface area contributed by atoms with Gasteiger partial charge in [0.2, 0.25) is 0 Å². The Labute approximate surface area is 214 Å². The number of aromatic amines is 1. The van der Waals surface area contributed by atoms with Crippen LogP contribution in [-0.2, 0) is 13.0 Å². The summed E-state index contributed by atoms with van der Waals surface area (Å²) in [6, 6.07) is 18.0. The lowest BCUT2D eigenvalue weighted by Gasteiger charge is -2.14. The molecular formula is C26H22F3N7O2. The first-order valence-electron chi connectivity index (χ1n) is 11.6. The van der Waals surface area contributed by atoms with Gasteiger partial charge >= 0.3 is 6.36 Å². The molecule has 0 atom stereocenters. The van der Waals surface area contributed by atoms with Gasteiger partial charge in [-0.1, -0.05) is 24.3 Å². The Bertz CT molecular complexity index is 1660. The normalized spacial score (nSPS) is 11.7. The molecular weight excluding hydrogens is 499 g/mol. The molecule has 5 rings (SSSR count). The molecule has 5 aromatic rings. The fraction of sp³-hybridized carbons (Fsp3) is 0.154. The molecule has 9 nitrogen and oxygen atoms in total. The molecule has 2 heterocycles. The number of benzene rings is 3. The molecule has 0 aliphatic heterocycles. The third-order valence-electron chi connectivity index (χ3n) is 5.88. The van der Waals surface area contributed by atoms with E-state index < -0.39 is 18.0 Å². The topological polar surface area (TPSA) is 135 Å². The number of imidazole rings is 2. The van der Waals surface area contributed by atoms with Crippen molar-refractivity contribution in [3.05, 3.63) is 89.5 Å². The predicted molar refractivity (Wildman–Crippen MR) is 135 cm³/mol. The van der Waals surface area contributed by atoms with Gasteiger partial charge in [0.25, 0.3) is 5.91 Å². The van der Waals surface area contributed by atoms with Crippen molar-refractivity contribution in [2.24, 2.45) is 5.73 Å². The minimum atomic E-state index is -4.91. The number of nitrogen functional groups attached to an aromatic ring is 1. The number of alkyl halides is 3. The molecule has 0 unspecified atom stereocenters. The standard InChI is InChI=1S/C26H22F3N7O2/c27-26(28,29)38-21-8-4-1-5-16(21)25(37)32-11-12-36-20-7-3-2-6-18(20)35-23(36)14-22-33-17-10-9-15(24(30)31)13-19(17)34-22/h1-10,13H,11-12,14H2,(H3,30,31)(H,32,37)(H,33,34). The number of ether oxygens (including phenoxy) is 1. The highest BCUT2D eigenvalue weighted by atomic mass is 19.4. The summed E-state index contributed by atoms with van der Waals surface area (Å²) in [5.74, 6) is 0.0459. The van der Waals surface area contributed by atoms with Crippen LogP contribution in [0.2, 0.25) is 0 Å². The van der Waals surface area contributed by atoms with Crippen molar-refractivity contribution in [2.45, 2.75) is 19.3 Å². The number of halogens is 3. The summed E-state index contributed by atoms with van der Waals surface area (Å²) in [7, 11) is 0. The minimum absolute atomic E-state index is 0.0421. The van der Waals surface area contributed by atoms with Gasteiger partial charge in [0, 0.05) is 18.7 Å². The van der Waals surface area contributed by atoms with Gasteiger partial charge < -0.3 is 25.3 Å². The van der Waals surface area contributed by atoms with Gasteiger partial charge in [0.1, 0.15) is 23.2 Å². The molecule has 0 bridgehead atoms. The van der Waals surface area contributed by atoms with Gasteiger partial charge in [-0.3, -0.25) is 10.2 Å². The largest absolute Gasteiger partial charge is 0.573 e. The van der Waals surface area contributed by atoms with Crippen molar-refractivity contribution in [1.29, 1.82) is 5.41 Å². The SMILES string of the molecule is N=C(N)c1ccc2nc(Cc3nc4ccccc4n3CCNC(=O)c3ccccc3OC(F)(F)F)[nH]c2c1. The van der Waals surface area contributed by atoms with Gasteiger partial charge in [-0.05, 0) is 42.5 Å². The van der Waals surface area contributed by atoms with Crippen LogP contribution >= 0.6 is 0 Å². The number of carbonyl (C=O) groups is 1. The highest BCUT2D eigenvalue weighted by molar-refractivity contribution is 5.98. The zero-order valence-corrected chi connectivity index (χ0v) is 19.8. The quantitative estimate of drug-likeness (QED) is 0.180. The molecule has 1 amide bonds. The first kappa shape index (κ1) is 24.8. The lowest BCUT2D eigenvalue weighted by atomic mass is 10.2. The predicted octanol–water partition coefficient (Wildman–Crippen LogP) is 4.12. The Kier molecular flexibility index (Phi) is 6.45. The number of para-hydroxylation sites is 3. The summed E-state index contributed by atoms with van der Waals surface area (Å²) in [4.78, 5) is 25.2. The Hall–Kier alpha value is -4.87. The maximum Gasteiger partial charge on any atom is 0.573 e. The van der Waals surface area contributed by atoms with Crippen molar-refractivity contribution in [2.75, 3.05) is 6.54 Å². The van der Waals surface area contributed by atoms with Crippen molar-refractivity contribution in [3.63, 3.8) is 0 Å². The zero-order valence-electron chi connectivity index (χ0n) is 19.8. The number of rotatable bonds is 8. The number of H-pyrrole nitrogens is 1. The summed E-state index contributed by atoms with van der Waals surface area (Å²) in [6.07, 6.45) is -4.56. The maximum absolute atomic E-state index is 12.7. The summed E-state index contributed by atoms with van der Waals surface area (Å²) < 4.78 is 44.1. The molecule has 0 aliphatic carbocycles. The van der Waals surface area contributed by atoms with Gasteiger partial charge in [-0.2, -0.15) is 0 Å². The second-order valence-corrected chi connectivity index (χ2v) is 8.47. The number of nitrogens with one attached hydrogen (secondary N) is 3. The second-order valence-electron chi connectivity index (χ2n) is 8.47. The number of amidine groups is 1. The van der Waals surface area contributed by atoms with E-state index in [1.807, 2.05) is 28.8 Å². The van der Waals surface area contributed by atoms with Crippen molar-refractivity contribution in [1.82, 2.24) is 24.8 Å². The first-order valence-corrected chi connectivity index (χ1v) is 11.6. The van der Waals surface area contributed by atoms with E-state index in [4.69, 9.17) is 16.1 Å². The van der Waals surface area contributed by atoms with Crippen molar-refractivity contribution in [3.8, 4) is 5.75 Å². The number of nitrogens with two attached hydrogens (primary N) is 1. The number of amides is 1. The fourth-order valence-electron chi connectivity index (χ4n) is 4.22. The average Bonchev–Trinajstić information content (AvgIpc) is 3.43. The van der Waals surface area contributed by atoms with Crippen LogP contribution in [-0.4, -0.2) is 44.2 Å². The average molecular weight is 522 g/mol. The van der Waals surface area contributed by atoms with E-state index in [9.17, 15) is 18.0 Å². The Morgan fingerprint density at radius 2 is 1.82 bits per heavy atom. The van der Waals surface area contributed by atoms with Gasteiger partial charge in [-0.15, -0.1) is 13.2 Å². The number of nitrogens with zero attached hydrogens (tertiary/aromatic N) is 3. The smallest absolute Gasteiger partial charge is 0.405 e. The zero-order chi connectivity index (χ0) is 26.9. The first-order chi connectivity index (χ1) is 18.2. The van der Waals surface area contributed by atoms with Crippen LogP contribution in [0.4, 0.5) is 13.2 Å². The molecule has 2 aromatic heterocycles. The van der Waals surface area contributed by atoms with Crippen LogP contribution in [0.1, 0.15) is 27.6 Å². The molecule has 0 spiro atoms. The molecule has 5 N–H and O–H groups in total. The molecule has 0 saturated heterocycles. The van der Waals surface area contributed by atoms with E-state index in [-0.39, 0.29) is 17.9 Å². The van der Waals surface area contributed by atoms with E-state index in [0.717, 1.165) is 28.1 Å². The highest BCUT2D eigenvalue weighted by Crippen LogP contribution is 2.26. The number of hydrogen-bond acceptors (Lipinski definition) is 5. The number of carbonyl (C=O) groups excluding carboxylic acids is 1. The summed E-state index contributed by atoms with van der Waals surface area (Å²) in [6.45, 7) is 0.452. The number of hydrogen-bond donors (Lipinski definition) is 4. The van der Waals surface area contributed by atoms with Crippen LogP contribution in [0.5, 0.6) is 5.75 Å². The molecule has 0 saturated carbocycles. The van der Waals surface area contributed by atoms with Gasteiger partial charge in [0.05, 0.1) is 34.1 Å². The van der Waals surface area contributed by atoms with E-state index in [1.165, 1.54) is 18.2 Å². The van der Waals surface area contributed by atoms with Crippen LogP contribution in [0, 0.1) is 5.41 Å². The molecule has 12 heteroatoms. The minimum Gasteiger partial charge on any atom is -0.405 e. The number of fused-ring (bicyclic) bond motifs is 2. The summed E-state index contributed by atoms with van der Waals surface area (Å²) in [5, 5.41) is 10.3. The van der Waals surface area contributed by atoms with E-state index >= 15 is 0 Å². The fourth-order valence-corrected chi connectivity index (χ4v) is 4.22. The molecule has 38 heavy (non-hydrogen) atoms. The van der Waals surface area contributed by atoms with Crippen molar-refractivity contribution < 1.29 is 22.7 Å². The third-order valence-corrected chi connectivity index (χ3v) is 5.88. The highest BCUT2D eigenvalue weighted by Gasteiger charge is 2.32.